The number of ether oxygens (including phenoxy) is 1. The van der Waals surface area contributed by atoms with Gasteiger partial charge in [-0.1, -0.05) is 38.0 Å². The molecule has 0 bridgehead atoms. The van der Waals surface area contributed by atoms with Gasteiger partial charge < -0.3 is 10.1 Å². The second kappa shape index (κ2) is 10.1. The lowest BCUT2D eigenvalue weighted by Gasteiger charge is -2.09. The number of hydrogen-bond acceptors (Lipinski definition) is 4. The molecular formula is C20H26N2O4S. The van der Waals surface area contributed by atoms with Gasteiger partial charge in [-0.15, -0.1) is 0 Å². The Balaban J connectivity index is 1.99. The normalized spacial score (nSPS) is 11.2. The average molecular weight is 391 g/mol. The van der Waals surface area contributed by atoms with Crippen LogP contribution in [-0.4, -0.2) is 28.0 Å². The molecule has 6 nitrogen and oxygen atoms in total. The number of rotatable bonds is 10. The maximum Gasteiger partial charge on any atom is 0.251 e. The van der Waals surface area contributed by atoms with Crippen LogP contribution in [0.1, 0.15) is 42.1 Å². The number of amides is 1. The van der Waals surface area contributed by atoms with Crippen LogP contribution >= 0.6 is 0 Å². The van der Waals surface area contributed by atoms with Crippen LogP contribution in [-0.2, 0) is 16.6 Å². The minimum Gasteiger partial charge on any atom is -0.497 e. The molecule has 0 aliphatic rings. The summed E-state index contributed by atoms with van der Waals surface area (Å²) in [5.74, 6) is 0.420. The molecule has 0 atom stereocenters. The minimum atomic E-state index is -3.62. The van der Waals surface area contributed by atoms with E-state index in [1.54, 1.807) is 19.2 Å². The van der Waals surface area contributed by atoms with Gasteiger partial charge in [0, 0.05) is 18.7 Å². The molecule has 7 heteroatoms. The summed E-state index contributed by atoms with van der Waals surface area (Å²) in [6.07, 6.45) is 2.78. The molecule has 0 aliphatic heterocycles. The van der Waals surface area contributed by atoms with Gasteiger partial charge >= 0.3 is 0 Å². The molecule has 0 unspecified atom stereocenters. The lowest BCUT2D eigenvalue weighted by Crippen LogP contribution is -2.26. The van der Waals surface area contributed by atoms with Crippen molar-refractivity contribution in [1.82, 2.24) is 10.0 Å². The topological polar surface area (TPSA) is 84.5 Å². The molecule has 27 heavy (non-hydrogen) atoms. The third-order valence-electron chi connectivity index (χ3n) is 4.09. The van der Waals surface area contributed by atoms with Gasteiger partial charge in [0.25, 0.3) is 5.91 Å². The smallest absolute Gasteiger partial charge is 0.251 e. The van der Waals surface area contributed by atoms with E-state index in [2.05, 4.69) is 17.0 Å². The summed E-state index contributed by atoms with van der Waals surface area (Å²) in [7, 11) is -2.02. The first-order chi connectivity index (χ1) is 13.0. The van der Waals surface area contributed by atoms with E-state index >= 15 is 0 Å². The first-order valence-corrected chi connectivity index (χ1v) is 10.5. The first-order valence-electron chi connectivity index (χ1n) is 8.97. The Morgan fingerprint density at radius 2 is 1.81 bits per heavy atom. The van der Waals surface area contributed by atoms with Crippen molar-refractivity contribution in [2.45, 2.75) is 37.6 Å². The van der Waals surface area contributed by atoms with Crippen LogP contribution in [0, 0.1) is 0 Å². The van der Waals surface area contributed by atoms with E-state index in [0.29, 0.717) is 18.7 Å². The highest BCUT2D eigenvalue weighted by Gasteiger charge is 2.15. The summed E-state index contributed by atoms with van der Waals surface area (Å²) >= 11 is 0. The molecule has 2 rings (SSSR count). The van der Waals surface area contributed by atoms with E-state index in [1.807, 2.05) is 24.3 Å². The maximum atomic E-state index is 12.4. The number of carbonyl (C=O) groups excluding carboxylic acids is 1. The van der Waals surface area contributed by atoms with Gasteiger partial charge in [-0.25, -0.2) is 13.1 Å². The van der Waals surface area contributed by atoms with Gasteiger partial charge in [-0.3, -0.25) is 4.79 Å². The predicted octanol–water partition coefficient (Wildman–Crippen LogP) is 3.09. The third-order valence-corrected chi connectivity index (χ3v) is 5.55. The number of benzene rings is 2. The fraction of sp³-hybridized carbons (Fsp3) is 0.350. The summed E-state index contributed by atoms with van der Waals surface area (Å²) in [6, 6.07) is 13.4. The Kier molecular flexibility index (Phi) is 7.82. The van der Waals surface area contributed by atoms with Crippen molar-refractivity contribution >= 4 is 15.9 Å². The summed E-state index contributed by atoms with van der Waals surface area (Å²) in [5.41, 5.74) is 1.23. The fourth-order valence-electron chi connectivity index (χ4n) is 2.50. The van der Waals surface area contributed by atoms with Crippen molar-refractivity contribution in [3.8, 4) is 5.75 Å². The first kappa shape index (κ1) is 20.9. The van der Waals surface area contributed by atoms with Gasteiger partial charge in [-0.2, -0.15) is 0 Å². The Morgan fingerprint density at radius 3 is 2.48 bits per heavy atom. The molecule has 0 aliphatic carbocycles. The lowest BCUT2D eigenvalue weighted by molar-refractivity contribution is 0.0950. The lowest BCUT2D eigenvalue weighted by atomic mass is 10.2. The van der Waals surface area contributed by atoms with Crippen molar-refractivity contribution in [2.24, 2.45) is 0 Å². The van der Waals surface area contributed by atoms with Gasteiger partial charge in [0.15, 0.2) is 0 Å². The average Bonchev–Trinajstić information content (AvgIpc) is 2.70. The van der Waals surface area contributed by atoms with Crippen LogP contribution < -0.4 is 14.8 Å². The van der Waals surface area contributed by atoms with Crippen molar-refractivity contribution in [2.75, 3.05) is 13.7 Å². The van der Waals surface area contributed by atoms with Crippen molar-refractivity contribution < 1.29 is 17.9 Å². The Morgan fingerprint density at radius 1 is 1.07 bits per heavy atom. The molecular weight excluding hydrogens is 364 g/mol. The maximum absolute atomic E-state index is 12.4. The SMILES string of the molecule is CCCCCNS(=O)(=O)c1cccc(C(=O)NCc2ccc(OC)cc2)c1. The van der Waals surface area contributed by atoms with Gasteiger partial charge in [0.05, 0.1) is 12.0 Å². The molecule has 1 amide bonds. The summed E-state index contributed by atoms with van der Waals surface area (Å²) in [6.45, 7) is 2.79. The summed E-state index contributed by atoms with van der Waals surface area (Å²) in [5, 5.41) is 2.80. The van der Waals surface area contributed by atoms with Crippen LogP contribution in [0.2, 0.25) is 0 Å². The molecule has 0 saturated carbocycles. The van der Waals surface area contributed by atoms with Gasteiger partial charge in [-0.05, 0) is 42.3 Å². The molecule has 2 aromatic carbocycles. The number of carbonyl (C=O) groups is 1. The van der Waals surface area contributed by atoms with Gasteiger partial charge in [0.1, 0.15) is 5.75 Å². The number of sulfonamides is 1. The van der Waals surface area contributed by atoms with Crippen LogP contribution in [0.15, 0.2) is 53.4 Å². The van der Waals surface area contributed by atoms with Crippen molar-refractivity contribution in [3.05, 3.63) is 59.7 Å². The minimum absolute atomic E-state index is 0.0936. The third kappa shape index (κ3) is 6.37. The van der Waals surface area contributed by atoms with Crippen molar-refractivity contribution in [1.29, 1.82) is 0 Å². The van der Waals surface area contributed by atoms with Crippen LogP contribution in [0.25, 0.3) is 0 Å². The molecule has 0 saturated heterocycles. The Bertz CT molecular complexity index is 849. The molecule has 2 aromatic rings. The zero-order valence-electron chi connectivity index (χ0n) is 15.7. The molecule has 0 heterocycles. The zero-order valence-corrected chi connectivity index (χ0v) is 16.5. The van der Waals surface area contributed by atoms with Crippen molar-refractivity contribution in [3.63, 3.8) is 0 Å². The standard InChI is InChI=1S/C20H26N2O4S/c1-3-4-5-13-22-27(24,25)19-8-6-7-17(14-19)20(23)21-15-16-9-11-18(26-2)12-10-16/h6-12,14,22H,3-5,13,15H2,1-2H3,(H,21,23). The zero-order chi connectivity index (χ0) is 19.7. The number of unbranched alkanes of at least 4 members (excludes halogenated alkanes) is 2. The van der Waals surface area contributed by atoms with Crippen LogP contribution in [0.3, 0.4) is 0 Å². The quantitative estimate of drug-likeness (QED) is 0.611. The summed E-state index contributed by atoms with van der Waals surface area (Å²) in [4.78, 5) is 12.5. The largest absolute Gasteiger partial charge is 0.497 e. The molecule has 0 radical (unpaired) electrons. The molecule has 0 fully saturated rings. The number of methoxy groups -OCH3 is 1. The fourth-order valence-corrected chi connectivity index (χ4v) is 3.62. The highest BCUT2D eigenvalue weighted by molar-refractivity contribution is 7.89. The second-order valence-corrected chi connectivity index (χ2v) is 7.93. The molecule has 146 valence electrons. The van der Waals surface area contributed by atoms with E-state index in [0.717, 1.165) is 30.6 Å². The number of hydrogen-bond donors (Lipinski definition) is 2. The molecule has 2 N–H and O–H groups in total. The van der Waals surface area contributed by atoms with E-state index in [-0.39, 0.29) is 10.8 Å². The highest BCUT2D eigenvalue weighted by Crippen LogP contribution is 2.13. The van der Waals surface area contributed by atoms with Crippen LogP contribution in [0.4, 0.5) is 0 Å². The molecule has 0 aromatic heterocycles. The Hall–Kier alpha value is -2.38. The monoisotopic (exact) mass is 390 g/mol. The van der Waals surface area contributed by atoms with Crippen LogP contribution in [0.5, 0.6) is 5.75 Å². The highest BCUT2D eigenvalue weighted by atomic mass is 32.2. The number of nitrogens with one attached hydrogen (secondary N) is 2. The van der Waals surface area contributed by atoms with Gasteiger partial charge in [0.2, 0.25) is 10.0 Å². The second-order valence-electron chi connectivity index (χ2n) is 6.16. The Labute approximate surface area is 161 Å². The summed E-state index contributed by atoms with van der Waals surface area (Å²) < 4.78 is 32.4. The van der Waals surface area contributed by atoms with E-state index in [4.69, 9.17) is 4.74 Å². The van der Waals surface area contributed by atoms with E-state index < -0.39 is 10.0 Å². The predicted molar refractivity (Wildman–Crippen MR) is 105 cm³/mol. The van der Waals surface area contributed by atoms with E-state index in [1.165, 1.54) is 12.1 Å². The van der Waals surface area contributed by atoms with E-state index in [9.17, 15) is 13.2 Å². The molecule has 0 spiro atoms.